The lowest BCUT2D eigenvalue weighted by Gasteiger charge is -2.38. The zero-order valence-corrected chi connectivity index (χ0v) is 19.8. The highest BCUT2D eigenvalue weighted by Gasteiger charge is 2.38. The maximum Gasteiger partial charge on any atom is 0.223 e. The van der Waals surface area contributed by atoms with Crippen LogP contribution in [0.15, 0.2) is 48.5 Å². The highest BCUT2D eigenvalue weighted by molar-refractivity contribution is 5.80. The molecule has 0 N–H and O–H groups in total. The van der Waals surface area contributed by atoms with Gasteiger partial charge in [0, 0.05) is 57.5 Å². The summed E-state index contributed by atoms with van der Waals surface area (Å²) in [5.74, 6) is 1.98. The monoisotopic (exact) mass is 463 g/mol. The molecular formula is C27H33N3O4. The molecule has 0 radical (unpaired) electrons. The fourth-order valence-electron chi connectivity index (χ4n) is 5.58. The molecule has 3 aliphatic heterocycles. The van der Waals surface area contributed by atoms with E-state index in [1.807, 2.05) is 47.1 Å². The Kier molecular flexibility index (Phi) is 6.61. The normalized spacial score (nSPS) is 21.0. The second-order valence-corrected chi connectivity index (χ2v) is 9.18. The Balaban J connectivity index is 1.27. The molecule has 0 spiro atoms. The summed E-state index contributed by atoms with van der Waals surface area (Å²) in [5, 5.41) is 0. The quantitative estimate of drug-likeness (QED) is 0.658. The van der Waals surface area contributed by atoms with E-state index in [4.69, 9.17) is 9.47 Å². The molecular weight excluding hydrogens is 430 g/mol. The Morgan fingerprint density at radius 2 is 1.76 bits per heavy atom. The van der Waals surface area contributed by atoms with E-state index in [0.717, 1.165) is 42.3 Å². The average molecular weight is 464 g/mol. The molecule has 2 unspecified atom stereocenters. The summed E-state index contributed by atoms with van der Waals surface area (Å²) >= 11 is 0. The first kappa shape index (κ1) is 22.6. The van der Waals surface area contributed by atoms with Crippen molar-refractivity contribution in [2.45, 2.75) is 38.1 Å². The Morgan fingerprint density at radius 3 is 2.53 bits per heavy atom. The van der Waals surface area contributed by atoms with E-state index >= 15 is 0 Å². The van der Waals surface area contributed by atoms with Crippen LogP contribution in [-0.2, 0) is 9.59 Å². The van der Waals surface area contributed by atoms with Crippen LogP contribution in [0.4, 0.5) is 5.69 Å². The summed E-state index contributed by atoms with van der Waals surface area (Å²) in [7, 11) is 0. The van der Waals surface area contributed by atoms with Crippen molar-refractivity contribution in [3.63, 3.8) is 0 Å². The smallest absolute Gasteiger partial charge is 0.223 e. The minimum atomic E-state index is 0.0184. The molecule has 0 aromatic heterocycles. The summed E-state index contributed by atoms with van der Waals surface area (Å²) in [6.45, 7) is 6.70. The van der Waals surface area contributed by atoms with Gasteiger partial charge in [-0.3, -0.25) is 9.59 Å². The zero-order valence-electron chi connectivity index (χ0n) is 19.8. The van der Waals surface area contributed by atoms with E-state index in [0.29, 0.717) is 45.7 Å². The van der Waals surface area contributed by atoms with Gasteiger partial charge in [0.05, 0.1) is 5.69 Å². The van der Waals surface area contributed by atoms with Gasteiger partial charge in [0.1, 0.15) is 13.2 Å². The zero-order chi connectivity index (χ0) is 23.5. The Labute approximate surface area is 201 Å². The molecule has 180 valence electrons. The van der Waals surface area contributed by atoms with Crippen LogP contribution in [0.1, 0.15) is 37.7 Å². The highest BCUT2D eigenvalue weighted by Crippen LogP contribution is 2.40. The molecule has 0 aliphatic carbocycles. The van der Waals surface area contributed by atoms with E-state index in [9.17, 15) is 9.59 Å². The van der Waals surface area contributed by atoms with E-state index in [2.05, 4.69) is 23.1 Å². The standard InChI is InChI=1S/C27H33N3O4/c1-2-30-22(11-12-25(30)31)21(20-7-4-3-5-8-20)19-26(32)29-15-13-28(14-16-29)23-9-6-10-24-27(23)34-18-17-33-24/h3-10,21-22H,2,11-19H2,1H3. The molecule has 7 heteroatoms. The number of piperazine rings is 1. The lowest BCUT2D eigenvalue weighted by molar-refractivity contribution is -0.133. The molecule has 2 fully saturated rings. The summed E-state index contributed by atoms with van der Waals surface area (Å²) in [4.78, 5) is 32.1. The number of likely N-dealkylation sites (N-methyl/N-ethyl adjacent to an activating group) is 1. The summed E-state index contributed by atoms with van der Waals surface area (Å²) in [6, 6.07) is 16.3. The third-order valence-electron chi connectivity index (χ3n) is 7.32. The maximum atomic E-state index is 13.5. The number of nitrogens with zero attached hydrogens (tertiary/aromatic N) is 3. The Morgan fingerprint density at radius 1 is 1.00 bits per heavy atom. The van der Waals surface area contributed by atoms with Crippen molar-refractivity contribution in [2.75, 3.05) is 50.8 Å². The van der Waals surface area contributed by atoms with E-state index in [-0.39, 0.29) is 23.8 Å². The van der Waals surface area contributed by atoms with Crippen LogP contribution < -0.4 is 14.4 Å². The number of likely N-dealkylation sites (tertiary alicyclic amines) is 1. The minimum Gasteiger partial charge on any atom is -0.486 e. The van der Waals surface area contributed by atoms with Crippen LogP contribution >= 0.6 is 0 Å². The van der Waals surface area contributed by atoms with E-state index < -0.39 is 0 Å². The van der Waals surface area contributed by atoms with Gasteiger partial charge in [-0.2, -0.15) is 0 Å². The molecule has 0 bridgehead atoms. The number of fused-ring (bicyclic) bond motifs is 1. The number of ether oxygens (including phenoxy) is 2. The van der Waals surface area contributed by atoms with Crippen LogP contribution in [0, 0.1) is 0 Å². The van der Waals surface area contributed by atoms with Gasteiger partial charge in [-0.15, -0.1) is 0 Å². The van der Waals surface area contributed by atoms with Crippen LogP contribution in [0.25, 0.3) is 0 Å². The number of carbonyl (C=O) groups excluding carboxylic acids is 2. The van der Waals surface area contributed by atoms with E-state index in [1.54, 1.807) is 0 Å². The molecule has 2 saturated heterocycles. The SMILES string of the molecule is CCN1C(=O)CCC1C(CC(=O)N1CCN(c2cccc3c2OCCO3)CC1)c1ccccc1. The maximum absolute atomic E-state index is 13.5. The molecule has 0 saturated carbocycles. The van der Waals surface area contributed by atoms with Crippen LogP contribution in [0.3, 0.4) is 0 Å². The third-order valence-corrected chi connectivity index (χ3v) is 7.32. The predicted molar refractivity (Wildman–Crippen MR) is 130 cm³/mol. The second kappa shape index (κ2) is 9.95. The molecule has 3 aliphatic rings. The molecule has 34 heavy (non-hydrogen) atoms. The molecule has 2 aromatic rings. The summed E-state index contributed by atoms with van der Waals surface area (Å²) < 4.78 is 11.6. The molecule has 2 aromatic carbocycles. The van der Waals surface area contributed by atoms with Gasteiger partial charge < -0.3 is 24.2 Å². The molecule has 3 heterocycles. The fourth-order valence-corrected chi connectivity index (χ4v) is 5.58. The average Bonchev–Trinajstić information content (AvgIpc) is 3.27. The van der Waals surface area contributed by atoms with Crippen molar-refractivity contribution in [1.29, 1.82) is 0 Å². The van der Waals surface area contributed by atoms with Gasteiger partial charge in [-0.25, -0.2) is 0 Å². The molecule has 2 amide bonds. The van der Waals surface area contributed by atoms with Crippen LogP contribution in [0.5, 0.6) is 11.5 Å². The molecule has 7 nitrogen and oxygen atoms in total. The summed E-state index contributed by atoms with van der Waals surface area (Å²) in [5.41, 5.74) is 2.18. The number of amides is 2. The van der Waals surface area contributed by atoms with Gasteiger partial charge in [0.15, 0.2) is 11.5 Å². The third kappa shape index (κ3) is 4.43. The lowest BCUT2D eigenvalue weighted by Crippen LogP contribution is -2.49. The number of para-hydroxylation sites is 1. The van der Waals surface area contributed by atoms with Crippen LogP contribution in [-0.4, -0.2) is 73.6 Å². The van der Waals surface area contributed by atoms with Gasteiger partial charge in [-0.1, -0.05) is 36.4 Å². The van der Waals surface area contributed by atoms with Crippen molar-refractivity contribution >= 4 is 17.5 Å². The minimum absolute atomic E-state index is 0.0184. The topological polar surface area (TPSA) is 62.3 Å². The number of benzene rings is 2. The van der Waals surface area contributed by atoms with Crippen molar-refractivity contribution in [1.82, 2.24) is 9.80 Å². The van der Waals surface area contributed by atoms with Crippen molar-refractivity contribution in [3.8, 4) is 11.5 Å². The first-order chi connectivity index (χ1) is 16.7. The first-order valence-corrected chi connectivity index (χ1v) is 12.4. The van der Waals surface area contributed by atoms with Gasteiger partial charge in [0.25, 0.3) is 0 Å². The lowest BCUT2D eigenvalue weighted by atomic mass is 9.86. The number of hydrogen-bond acceptors (Lipinski definition) is 5. The van der Waals surface area contributed by atoms with Crippen molar-refractivity contribution in [2.24, 2.45) is 0 Å². The van der Waals surface area contributed by atoms with Crippen molar-refractivity contribution < 1.29 is 19.1 Å². The largest absolute Gasteiger partial charge is 0.486 e. The first-order valence-electron chi connectivity index (χ1n) is 12.4. The number of anilines is 1. The van der Waals surface area contributed by atoms with Gasteiger partial charge >= 0.3 is 0 Å². The van der Waals surface area contributed by atoms with Gasteiger partial charge in [0.2, 0.25) is 11.8 Å². The number of rotatable bonds is 6. The highest BCUT2D eigenvalue weighted by atomic mass is 16.6. The van der Waals surface area contributed by atoms with E-state index in [1.165, 1.54) is 0 Å². The Bertz CT molecular complexity index is 1020. The number of carbonyl (C=O) groups is 2. The predicted octanol–water partition coefficient (Wildman–Crippen LogP) is 3.29. The van der Waals surface area contributed by atoms with Crippen LogP contribution in [0.2, 0.25) is 0 Å². The fraction of sp³-hybridized carbons (Fsp3) is 0.481. The molecule has 5 rings (SSSR count). The van der Waals surface area contributed by atoms with Crippen molar-refractivity contribution in [3.05, 3.63) is 54.1 Å². The Hall–Kier alpha value is -3.22. The number of hydrogen-bond donors (Lipinski definition) is 0. The van der Waals surface area contributed by atoms with Gasteiger partial charge in [-0.05, 0) is 31.0 Å². The molecule has 2 atom stereocenters. The second-order valence-electron chi connectivity index (χ2n) is 9.18. The summed E-state index contributed by atoms with van der Waals surface area (Å²) in [6.07, 6.45) is 1.81.